The van der Waals surface area contributed by atoms with Crippen molar-refractivity contribution in [3.63, 3.8) is 0 Å². The van der Waals surface area contributed by atoms with Crippen LogP contribution >= 0.6 is 0 Å². The molecule has 2 N–H and O–H groups in total. The van der Waals surface area contributed by atoms with Gasteiger partial charge in [-0.1, -0.05) is 0 Å². The van der Waals surface area contributed by atoms with Gasteiger partial charge in [-0.05, 0) is 12.1 Å². The van der Waals surface area contributed by atoms with Crippen LogP contribution in [0.2, 0.25) is 0 Å². The minimum Gasteiger partial charge on any atom is -0.404 e. The molecular formula is C11H11F3N2O3. The second-order valence-electron chi connectivity index (χ2n) is 3.87. The number of hydrogen-bond donors (Lipinski definition) is 1. The van der Waals surface area contributed by atoms with Gasteiger partial charge in [0.05, 0.1) is 12.3 Å². The number of nitrogens with two attached hydrogens (primary N) is 1. The van der Waals surface area contributed by atoms with Crippen LogP contribution in [-0.4, -0.2) is 32.0 Å². The van der Waals surface area contributed by atoms with Gasteiger partial charge in [0.15, 0.2) is 5.75 Å². The van der Waals surface area contributed by atoms with E-state index in [1.807, 2.05) is 0 Å². The van der Waals surface area contributed by atoms with Gasteiger partial charge >= 0.3 is 6.36 Å². The topological polar surface area (TPSA) is 64.8 Å². The summed E-state index contributed by atoms with van der Waals surface area (Å²) in [6, 6.07) is 3.81. The summed E-state index contributed by atoms with van der Waals surface area (Å²) in [5.74, 6) is -0.849. The summed E-state index contributed by atoms with van der Waals surface area (Å²) in [5.41, 5.74) is 5.55. The molecule has 0 atom stereocenters. The molecule has 1 aliphatic heterocycles. The number of hydrogen-bond acceptors (Lipinski definition) is 4. The van der Waals surface area contributed by atoms with E-state index in [-0.39, 0.29) is 24.7 Å². The zero-order valence-corrected chi connectivity index (χ0v) is 9.74. The Balaban J connectivity index is 2.27. The van der Waals surface area contributed by atoms with Crippen LogP contribution in [0.4, 0.5) is 24.5 Å². The van der Waals surface area contributed by atoms with Crippen LogP contribution in [0.5, 0.6) is 5.75 Å². The number of nitrogen functional groups attached to an aromatic ring is 1. The lowest BCUT2D eigenvalue weighted by molar-refractivity contribution is -0.274. The maximum atomic E-state index is 12.2. The van der Waals surface area contributed by atoms with E-state index in [2.05, 4.69) is 4.74 Å². The number of anilines is 2. The van der Waals surface area contributed by atoms with E-state index in [1.165, 1.54) is 17.0 Å². The van der Waals surface area contributed by atoms with Crippen molar-refractivity contribution < 1.29 is 27.4 Å². The third kappa shape index (κ3) is 3.28. The van der Waals surface area contributed by atoms with E-state index in [0.29, 0.717) is 12.3 Å². The van der Waals surface area contributed by atoms with Gasteiger partial charge in [-0.15, -0.1) is 13.2 Å². The quantitative estimate of drug-likeness (QED) is 0.832. The first-order chi connectivity index (χ1) is 8.87. The molecule has 104 valence electrons. The standard InChI is InChI=1S/C11H11F3N2O3/c12-11(13,14)19-9-5-7(1-2-8(9)15)16-3-4-18-6-10(16)17/h1-2,5H,3-4,6,15H2. The van der Waals surface area contributed by atoms with Crippen molar-refractivity contribution in [1.82, 2.24) is 0 Å². The number of carbonyl (C=O) groups excluding carboxylic acids is 1. The van der Waals surface area contributed by atoms with Crippen molar-refractivity contribution in [3.8, 4) is 5.75 Å². The van der Waals surface area contributed by atoms with Gasteiger partial charge in [0.1, 0.15) is 6.61 Å². The number of carbonyl (C=O) groups is 1. The van der Waals surface area contributed by atoms with Crippen LogP contribution in [0.25, 0.3) is 0 Å². The number of halogens is 3. The highest BCUT2D eigenvalue weighted by molar-refractivity contribution is 5.95. The second-order valence-corrected chi connectivity index (χ2v) is 3.87. The van der Waals surface area contributed by atoms with Gasteiger partial charge in [0.25, 0.3) is 5.91 Å². The molecule has 1 aromatic carbocycles. The highest BCUT2D eigenvalue weighted by Gasteiger charge is 2.32. The van der Waals surface area contributed by atoms with Gasteiger partial charge in [-0.3, -0.25) is 4.79 Å². The van der Waals surface area contributed by atoms with E-state index in [1.54, 1.807) is 0 Å². The minimum absolute atomic E-state index is 0.0974. The number of benzene rings is 1. The zero-order chi connectivity index (χ0) is 14.0. The Hall–Kier alpha value is -1.96. The Morgan fingerprint density at radius 3 is 2.74 bits per heavy atom. The first-order valence-corrected chi connectivity index (χ1v) is 5.40. The fourth-order valence-electron chi connectivity index (χ4n) is 1.70. The predicted octanol–water partition coefficient (Wildman–Crippen LogP) is 1.53. The predicted molar refractivity (Wildman–Crippen MR) is 60.7 cm³/mol. The number of nitrogens with zero attached hydrogens (tertiary/aromatic N) is 1. The Bertz CT molecular complexity index is 491. The number of amides is 1. The van der Waals surface area contributed by atoms with E-state index >= 15 is 0 Å². The van der Waals surface area contributed by atoms with Crippen LogP contribution in [-0.2, 0) is 9.53 Å². The summed E-state index contributed by atoms with van der Waals surface area (Å²) in [6.07, 6.45) is -4.83. The number of alkyl halides is 3. The SMILES string of the molecule is Nc1ccc(N2CCOCC2=O)cc1OC(F)(F)F. The number of rotatable bonds is 2. The lowest BCUT2D eigenvalue weighted by Crippen LogP contribution is -2.41. The summed E-state index contributed by atoms with van der Waals surface area (Å²) < 4.78 is 45.3. The molecule has 1 heterocycles. The average molecular weight is 276 g/mol. The maximum absolute atomic E-state index is 12.2. The summed E-state index contributed by atoms with van der Waals surface area (Å²) >= 11 is 0. The maximum Gasteiger partial charge on any atom is 0.573 e. The van der Waals surface area contributed by atoms with E-state index in [4.69, 9.17) is 10.5 Å². The van der Waals surface area contributed by atoms with Gasteiger partial charge in [0, 0.05) is 18.3 Å². The Morgan fingerprint density at radius 1 is 1.37 bits per heavy atom. The summed E-state index contributed by atoms with van der Waals surface area (Å²) in [5, 5.41) is 0. The Morgan fingerprint density at radius 2 is 2.11 bits per heavy atom. The lowest BCUT2D eigenvalue weighted by Gasteiger charge is -2.27. The molecule has 1 aliphatic rings. The van der Waals surface area contributed by atoms with E-state index in [0.717, 1.165) is 6.07 Å². The van der Waals surface area contributed by atoms with Crippen molar-refractivity contribution in [3.05, 3.63) is 18.2 Å². The molecule has 0 aliphatic carbocycles. The fraction of sp³-hybridized carbons (Fsp3) is 0.364. The summed E-state index contributed by atoms with van der Waals surface area (Å²) in [7, 11) is 0. The highest BCUT2D eigenvalue weighted by atomic mass is 19.4. The number of ether oxygens (including phenoxy) is 2. The Labute approximate surface area is 106 Å². The molecule has 19 heavy (non-hydrogen) atoms. The van der Waals surface area contributed by atoms with Crippen molar-refractivity contribution in [2.45, 2.75) is 6.36 Å². The molecule has 8 heteroatoms. The largest absolute Gasteiger partial charge is 0.573 e. The lowest BCUT2D eigenvalue weighted by atomic mass is 10.2. The molecule has 2 rings (SSSR count). The first-order valence-electron chi connectivity index (χ1n) is 5.40. The molecule has 0 saturated carbocycles. The molecule has 1 fully saturated rings. The van der Waals surface area contributed by atoms with E-state index in [9.17, 15) is 18.0 Å². The van der Waals surface area contributed by atoms with Crippen LogP contribution < -0.4 is 15.4 Å². The van der Waals surface area contributed by atoms with Crippen molar-refractivity contribution >= 4 is 17.3 Å². The first kappa shape index (κ1) is 13.5. The van der Waals surface area contributed by atoms with Crippen LogP contribution in [0, 0.1) is 0 Å². The Kier molecular flexibility index (Phi) is 3.52. The van der Waals surface area contributed by atoms with Crippen LogP contribution in [0.1, 0.15) is 0 Å². The van der Waals surface area contributed by atoms with Crippen molar-refractivity contribution in [2.24, 2.45) is 0 Å². The van der Waals surface area contributed by atoms with Gasteiger partial charge in [-0.25, -0.2) is 0 Å². The summed E-state index contributed by atoms with van der Waals surface area (Å²) in [6.45, 7) is 0.500. The minimum atomic E-state index is -4.83. The third-order valence-corrected chi connectivity index (χ3v) is 2.52. The van der Waals surface area contributed by atoms with E-state index < -0.39 is 12.1 Å². The molecule has 0 spiro atoms. The highest BCUT2D eigenvalue weighted by Crippen LogP contribution is 2.32. The second kappa shape index (κ2) is 4.96. The van der Waals surface area contributed by atoms with Crippen LogP contribution in [0.3, 0.4) is 0 Å². The third-order valence-electron chi connectivity index (χ3n) is 2.52. The molecular weight excluding hydrogens is 265 g/mol. The van der Waals surface area contributed by atoms with Crippen molar-refractivity contribution in [2.75, 3.05) is 30.4 Å². The normalized spacial score (nSPS) is 16.6. The molecule has 0 radical (unpaired) electrons. The molecule has 1 amide bonds. The molecule has 0 bridgehead atoms. The molecule has 1 aromatic rings. The molecule has 5 nitrogen and oxygen atoms in total. The molecule has 0 unspecified atom stereocenters. The smallest absolute Gasteiger partial charge is 0.404 e. The summed E-state index contributed by atoms with van der Waals surface area (Å²) in [4.78, 5) is 12.9. The fourth-order valence-corrected chi connectivity index (χ4v) is 1.70. The monoisotopic (exact) mass is 276 g/mol. The zero-order valence-electron chi connectivity index (χ0n) is 9.74. The molecule has 0 aromatic heterocycles. The molecule has 1 saturated heterocycles. The average Bonchev–Trinajstić information content (AvgIpc) is 2.31. The van der Waals surface area contributed by atoms with Crippen LogP contribution in [0.15, 0.2) is 18.2 Å². The van der Waals surface area contributed by atoms with Gasteiger partial charge < -0.3 is 20.1 Å². The number of morpholine rings is 1. The van der Waals surface area contributed by atoms with Gasteiger partial charge in [-0.2, -0.15) is 0 Å². The van der Waals surface area contributed by atoms with Gasteiger partial charge in [0.2, 0.25) is 0 Å². The van der Waals surface area contributed by atoms with Crippen molar-refractivity contribution in [1.29, 1.82) is 0 Å².